The van der Waals surface area contributed by atoms with Crippen LogP contribution in [-0.2, 0) is 6.42 Å². The van der Waals surface area contributed by atoms with Crippen LogP contribution >= 0.6 is 0 Å². The Balaban J connectivity index is 0.000000509. The molecule has 2 heterocycles. The summed E-state index contributed by atoms with van der Waals surface area (Å²) in [6.07, 6.45) is 4.39. The van der Waals surface area contributed by atoms with Crippen LogP contribution in [0, 0.1) is 6.92 Å². The first-order chi connectivity index (χ1) is 7.77. The Labute approximate surface area is 101 Å². The van der Waals surface area contributed by atoms with Crippen molar-refractivity contribution in [3.63, 3.8) is 0 Å². The molecule has 1 aliphatic rings. The second kappa shape index (κ2) is 8.14. The van der Waals surface area contributed by atoms with Crippen LogP contribution in [0.1, 0.15) is 45.2 Å². The van der Waals surface area contributed by atoms with E-state index >= 15 is 0 Å². The van der Waals surface area contributed by atoms with Crippen molar-refractivity contribution in [1.29, 1.82) is 0 Å². The average Bonchev–Trinajstić information content (AvgIpc) is 2.34. The minimum atomic E-state index is 1.14. The van der Waals surface area contributed by atoms with Gasteiger partial charge >= 0.3 is 0 Å². The van der Waals surface area contributed by atoms with Crippen LogP contribution in [0.4, 0.5) is 5.82 Å². The zero-order valence-electron chi connectivity index (χ0n) is 11.7. The van der Waals surface area contributed by atoms with Crippen molar-refractivity contribution in [3.05, 3.63) is 23.4 Å². The molecule has 0 saturated heterocycles. The molecular weight excluding hydrogens is 196 g/mol. The smallest absolute Gasteiger partial charge is 0.131 e. The van der Waals surface area contributed by atoms with E-state index < -0.39 is 0 Å². The van der Waals surface area contributed by atoms with Gasteiger partial charge in [0.25, 0.3) is 0 Å². The van der Waals surface area contributed by atoms with Crippen LogP contribution in [0.3, 0.4) is 0 Å². The van der Waals surface area contributed by atoms with Gasteiger partial charge in [0.1, 0.15) is 5.82 Å². The van der Waals surface area contributed by atoms with E-state index in [1.807, 2.05) is 33.9 Å². The SMILES string of the molecule is CC.CC.Cc1cnc2c(c1)CCCN2C. The quantitative estimate of drug-likeness (QED) is 0.663. The van der Waals surface area contributed by atoms with Crippen LogP contribution in [-0.4, -0.2) is 18.6 Å². The molecule has 1 aromatic rings. The monoisotopic (exact) mass is 222 g/mol. The second-order valence-electron chi connectivity index (χ2n) is 3.52. The van der Waals surface area contributed by atoms with Crippen molar-refractivity contribution in [1.82, 2.24) is 4.98 Å². The van der Waals surface area contributed by atoms with Gasteiger partial charge in [-0.2, -0.15) is 0 Å². The molecule has 1 aliphatic heterocycles. The maximum absolute atomic E-state index is 4.43. The molecule has 2 nitrogen and oxygen atoms in total. The lowest BCUT2D eigenvalue weighted by molar-refractivity contribution is 0.729. The Morgan fingerprint density at radius 1 is 1.19 bits per heavy atom. The highest BCUT2D eigenvalue weighted by atomic mass is 15.2. The Morgan fingerprint density at radius 2 is 1.81 bits per heavy atom. The number of aryl methyl sites for hydroxylation is 2. The first-order valence-corrected chi connectivity index (χ1v) is 6.44. The summed E-state index contributed by atoms with van der Waals surface area (Å²) in [5.41, 5.74) is 2.67. The summed E-state index contributed by atoms with van der Waals surface area (Å²) in [6.45, 7) is 11.2. The maximum atomic E-state index is 4.43. The van der Waals surface area contributed by atoms with Crippen molar-refractivity contribution in [2.75, 3.05) is 18.5 Å². The summed E-state index contributed by atoms with van der Waals surface area (Å²) in [4.78, 5) is 6.66. The molecule has 0 atom stereocenters. The zero-order chi connectivity index (χ0) is 12.6. The topological polar surface area (TPSA) is 16.1 Å². The van der Waals surface area contributed by atoms with Gasteiger partial charge in [-0.15, -0.1) is 0 Å². The summed E-state index contributed by atoms with van der Waals surface area (Å²) < 4.78 is 0. The van der Waals surface area contributed by atoms with Crippen molar-refractivity contribution >= 4 is 5.82 Å². The largest absolute Gasteiger partial charge is 0.359 e. The first kappa shape index (κ1) is 14.9. The van der Waals surface area contributed by atoms with Gasteiger partial charge < -0.3 is 4.90 Å². The fourth-order valence-electron chi connectivity index (χ4n) is 1.76. The van der Waals surface area contributed by atoms with Crippen LogP contribution in [0.5, 0.6) is 0 Å². The van der Waals surface area contributed by atoms with Gasteiger partial charge in [0.05, 0.1) is 0 Å². The highest BCUT2D eigenvalue weighted by molar-refractivity contribution is 5.49. The third-order valence-electron chi connectivity index (χ3n) is 2.38. The van der Waals surface area contributed by atoms with E-state index in [1.165, 1.54) is 29.8 Å². The van der Waals surface area contributed by atoms with Gasteiger partial charge in [-0.05, 0) is 30.9 Å². The highest BCUT2D eigenvalue weighted by Gasteiger charge is 2.13. The third kappa shape index (κ3) is 3.84. The van der Waals surface area contributed by atoms with E-state index in [0.717, 1.165) is 6.54 Å². The number of aromatic nitrogens is 1. The highest BCUT2D eigenvalue weighted by Crippen LogP contribution is 2.23. The summed E-state index contributed by atoms with van der Waals surface area (Å²) >= 11 is 0. The molecule has 1 aromatic heterocycles. The number of rotatable bonds is 0. The summed E-state index contributed by atoms with van der Waals surface area (Å²) in [5, 5.41) is 0. The standard InChI is InChI=1S/C10H14N2.2C2H6/c1-8-6-9-4-3-5-12(2)10(9)11-7-8;2*1-2/h6-7H,3-5H2,1-2H3;2*1-2H3. The molecule has 0 saturated carbocycles. The molecule has 0 radical (unpaired) electrons. The Bertz CT molecular complexity index is 295. The lowest BCUT2D eigenvalue weighted by Crippen LogP contribution is -2.25. The predicted molar refractivity (Wildman–Crippen MR) is 73.3 cm³/mol. The van der Waals surface area contributed by atoms with Crippen LogP contribution in [0.15, 0.2) is 12.3 Å². The van der Waals surface area contributed by atoms with Crippen LogP contribution in [0.25, 0.3) is 0 Å². The summed E-state index contributed by atoms with van der Waals surface area (Å²) in [7, 11) is 2.11. The minimum absolute atomic E-state index is 1.14. The number of anilines is 1. The summed E-state index contributed by atoms with van der Waals surface area (Å²) in [5.74, 6) is 1.17. The third-order valence-corrected chi connectivity index (χ3v) is 2.38. The molecule has 0 aromatic carbocycles. The van der Waals surface area contributed by atoms with Gasteiger partial charge in [-0.3, -0.25) is 0 Å². The molecule has 0 fully saturated rings. The molecule has 16 heavy (non-hydrogen) atoms. The molecule has 2 heteroatoms. The fourth-order valence-corrected chi connectivity index (χ4v) is 1.76. The van der Waals surface area contributed by atoms with E-state index in [1.54, 1.807) is 0 Å². The zero-order valence-corrected chi connectivity index (χ0v) is 11.7. The molecule has 0 aliphatic carbocycles. The molecule has 0 spiro atoms. The number of pyridine rings is 1. The minimum Gasteiger partial charge on any atom is -0.359 e. The van der Waals surface area contributed by atoms with Crippen molar-refractivity contribution in [2.45, 2.75) is 47.5 Å². The van der Waals surface area contributed by atoms with Gasteiger partial charge in [0, 0.05) is 19.8 Å². The van der Waals surface area contributed by atoms with Crippen molar-refractivity contribution in [3.8, 4) is 0 Å². The number of hydrogen-bond acceptors (Lipinski definition) is 2. The molecular formula is C14H26N2. The first-order valence-electron chi connectivity index (χ1n) is 6.44. The van der Waals surface area contributed by atoms with E-state index in [2.05, 4.69) is 29.9 Å². The molecule has 0 N–H and O–H groups in total. The normalized spacial score (nSPS) is 12.8. The second-order valence-corrected chi connectivity index (χ2v) is 3.52. The van der Waals surface area contributed by atoms with E-state index in [9.17, 15) is 0 Å². The molecule has 0 bridgehead atoms. The number of nitrogens with zero attached hydrogens (tertiary/aromatic N) is 2. The lowest BCUT2D eigenvalue weighted by Gasteiger charge is -2.26. The van der Waals surface area contributed by atoms with E-state index in [0.29, 0.717) is 0 Å². The predicted octanol–water partition coefficient (Wildman–Crippen LogP) is 3.82. The Kier molecular flexibility index (Phi) is 7.61. The maximum Gasteiger partial charge on any atom is 0.131 e. The fraction of sp³-hybridized carbons (Fsp3) is 0.643. The molecule has 0 unspecified atom stereocenters. The lowest BCUT2D eigenvalue weighted by atomic mass is 10.0. The van der Waals surface area contributed by atoms with Crippen LogP contribution < -0.4 is 4.90 Å². The summed E-state index contributed by atoms with van der Waals surface area (Å²) in [6, 6.07) is 2.25. The molecule has 0 amide bonds. The van der Waals surface area contributed by atoms with Gasteiger partial charge in [-0.1, -0.05) is 33.8 Å². The van der Waals surface area contributed by atoms with Gasteiger partial charge in [-0.25, -0.2) is 4.98 Å². The molecule has 2 rings (SSSR count). The number of hydrogen-bond donors (Lipinski definition) is 0. The molecule has 92 valence electrons. The van der Waals surface area contributed by atoms with Crippen LogP contribution in [0.2, 0.25) is 0 Å². The Morgan fingerprint density at radius 3 is 2.44 bits per heavy atom. The number of fused-ring (bicyclic) bond motifs is 1. The van der Waals surface area contributed by atoms with Crippen molar-refractivity contribution in [2.24, 2.45) is 0 Å². The average molecular weight is 222 g/mol. The Hall–Kier alpha value is -1.05. The van der Waals surface area contributed by atoms with Gasteiger partial charge in [0.15, 0.2) is 0 Å². The van der Waals surface area contributed by atoms with Gasteiger partial charge in [0.2, 0.25) is 0 Å². The van der Waals surface area contributed by atoms with E-state index in [4.69, 9.17) is 0 Å². The van der Waals surface area contributed by atoms with E-state index in [-0.39, 0.29) is 0 Å². The van der Waals surface area contributed by atoms with Crippen molar-refractivity contribution < 1.29 is 0 Å².